The van der Waals surface area contributed by atoms with E-state index in [2.05, 4.69) is 54.9 Å². The summed E-state index contributed by atoms with van der Waals surface area (Å²) in [6.07, 6.45) is 1.31. The first-order valence-corrected chi connectivity index (χ1v) is 7.45. The largest absolute Gasteiger partial charge is 0.370 e. The first-order valence-electron chi connectivity index (χ1n) is 6.30. The van der Waals surface area contributed by atoms with Crippen molar-refractivity contribution in [1.82, 2.24) is 0 Å². The van der Waals surface area contributed by atoms with E-state index >= 15 is 0 Å². The van der Waals surface area contributed by atoms with Crippen molar-refractivity contribution in [3.05, 3.63) is 29.8 Å². The molecule has 0 bridgehead atoms. The van der Waals surface area contributed by atoms with Gasteiger partial charge in [0.2, 0.25) is 0 Å². The molecule has 2 unspecified atom stereocenters. The van der Waals surface area contributed by atoms with Gasteiger partial charge in [0.25, 0.3) is 0 Å². The Hall–Kier alpha value is -0.670. The fourth-order valence-electron chi connectivity index (χ4n) is 2.66. The molecule has 0 aliphatic carbocycles. The molecule has 1 aliphatic heterocycles. The lowest BCUT2D eigenvalue weighted by Crippen LogP contribution is -2.44. The summed E-state index contributed by atoms with van der Waals surface area (Å²) in [5.41, 5.74) is 8.64. The zero-order chi connectivity index (χ0) is 12.3. The van der Waals surface area contributed by atoms with Crippen LogP contribution in [0.1, 0.15) is 12.0 Å². The van der Waals surface area contributed by atoms with E-state index in [1.54, 1.807) is 0 Å². The van der Waals surface area contributed by atoms with Gasteiger partial charge in [-0.2, -0.15) is 11.8 Å². The van der Waals surface area contributed by atoms with Crippen molar-refractivity contribution in [2.24, 2.45) is 11.7 Å². The quantitative estimate of drug-likeness (QED) is 0.890. The second kappa shape index (κ2) is 5.78. The zero-order valence-electron chi connectivity index (χ0n) is 10.7. The number of benzene rings is 1. The first kappa shape index (κ1) is 12.8. The summed E-state index contributed by atoms with van der Waals surface area (Å²) in [5, 5.41) is 0. The average Bonchev–Trinajstić information content (AvgIpc) is 2.84. The van der Waals surface area contributed by atoms with Gasteiger partial charge in [0, 0.05) is 25.3 Å². The lowest BCUT2D eigenvalue weighted by Gasteiger charge is -2.34. The van der Waals surface area contributed by atoms with Crippen LogP contribution in [0.4, 0.5) is 5.69 Å². The minimum Gasteiger partial charge on any atom is -0.370 e. The van der Waals surface area contributed by atoms with Crippen LogP contribution >= 0.6 is 11.8 Å². The molecule has 0 aromatic heterocycles. The lowest BCUT2D eigenvalue weighted by atomic mass is 9.97. The molecule has 1 aliphatic rings. The average molecular weight is 250 g/mol. The molecule has 0 spiro atoms. The summed E-state index contributed by atoms with van der Waals surface area (Å²) >= 11 is 2.06. The van der Waals surface area contributed by atoms with E-state index in [4.69, 9.17) is 5.73 Å². The van der Waals surface area contributed by atoms with Crippen molar-refractivity contribution in [3.8, 4) is 0 Å². The highest BCUT2D eigenvalue weighted by molar-refractivity contribution is 7.99. The topological polar surface area (TPSA) is 29.3 Å². The van der Waals surface area contributed by atoms with Crippen LogP contribution in [0.5, 0.6) is 0 Å². The third-order valence-electron chi connectivity index (χ3n) is 3.74. The Morgan fingerprint density at radius 2 is 2.24 bits per heavy atom. The molecule has 1 aromatic rings. The van der Waals surface area contributed by atoms with Crippen LogP contribution in [0.2, 0.25) is 0 Å². The van der Waals surface area contributed by atoms with Gasteiger partial charge in [-0.3, -0.25) is 0 Å². The molecule has 1 fully saturated rings. The molecule has 2 rings (SSSR count). The molecule has 2 atom stereocenters. The number of rotatable bonds is 4. The van der Waals surface area contributed by atoms with Crippen molar-refractivity contribution < 1.29 is 0 Å². The maximum Gasteiger partial charge on any atom is 0.0445 e. The number of nitrogens with zero attached hydrogens (tertiary/aromatic N) is 1. The Kier molecular flexibility index (Phi) is 4.35. The van der Waals surface area contributed by atoms with Crippen molar-refractivity contribution in [2.45, 2.75) is 19.4 Å². The Balaban J connectivity index is 2.16. The van der Waals surface area contributed by atoms with Crippen LogP contribution in [0.3, 0.4) is 0 Å². The van der Waals surface area contributed by atoms with Crippen molar-refractivity contribution in [3.63, 3.8) is 0 Å². The van der Waals surface area contributed by atoms with E-state index in [9.17, 15) is 0 Å². The van der Waals surface area contributed by atoms with Gasteiger partial charge in [-0.1, -0.05) is 18.2 Å². The van der Waals surface area contributed by atoms with E-state index in [-0.39, 0.29) is 0 Å². The molecule has 94 valence electrons. The van der Waals surface area contributed by atoms with Crippen molar-refractivity contribution in [2.75, 3.05) is 30.0 Å². The number of hydrogen-bond acceptors (Lipinski definition) is 3. The standard InChI is InChI=1S/C14H22N2S/c1-11-5-3-4-6-13(11)16(2)14(9-15)12-7-8-17-10-12/h3-6,12,14H,7-10,15H2,1-2H3. The number of nitrogens with two attached hydrogens (primary N) is 1. The molecule has 0 saturated carbocycles. The van der Waals surface area contributed by atoms with Gasteiger partial charge in [-0.15, -0.1) is 0 Å². The summed E-state index contributed by atoms with van der Waals surface area (Å²) in [7, 11) is 2.18. The predicted molar refractivity (Wildman–Crippen MR) is 77.9 cm³/mol. The van der Waals surface area contributed by atoms with E-state index in [0.717, 1.165) is 12.5 Å². The second-order valence-electron chi connectivity index (χ2n) is 4.82. The lowest BCUT2D eigenvalue weighted by molar-refractivity contribution is 0.454. The molecule has 0 amide bonds. The Morgan fingerprint density at radius 3 is 2.82 bits per heavy atom. The molecule has 1 heterocycles. The number of thioether (sulfide) groups is 1. The molecule has 2 nitrogen and oxygen atoms in total. The van der Waals surface area contributed by atoms with E-state index < -0.39 is 0 Å². The predicted octanol–water partition coefficient (Wildman–Crippen LogP) is 2.51. The second-order valence-corrected chi connectivity index (χ2v) is 5.97. The summed E-state index contributed by atoms with van der Waals surface area (Å²) in [4.78, 5) is 2.38. The molecule has 3 heteroatoms. The summed E-state index contributed by atoms with van der Waals surface area (Å²) in [6, 6.07) is 9.04. The van der Waals surface area contributed by atoms with Crippen LogP contribution in [-0.4, -0.2) is 31.1 Å². The van der Waals surface area contributed by atoms with Gasteiger partial charge in [-0.25, -0.2) is 0 Å². The maximum absolute atomic E-state index is 5.99. The number of hydrogen-bond donors (Lipinski definition) is 1. The number of para-hydroxylation sites is 1. The van der Waals surface area contributed by atoms with Gasteiger partial charge in [-0.05, 0) is 42.4 Å². The van der Waals surface area contributed by atoms with Gasteiger partial charge >= 0.3 is 0 Å². The Labute approximate surface area is 109 Å². The summed E-state index contributed by atoms with van der Waals surface area (Å²) in [5.74, 6) is 3.30. The maximum atomic E-state index is 5.99. The minimum atomic E-state index is 0.478. The zero-order valence-corrected chi connectivity index (χ0v) is 11.5. The van der Waals surface area contributed by atoms with E-state index in [0.29, 0.717) is 6.04 Å². The van der Waals surface area contributed by atoms with Crippen LogP contribution in [0, 0.1) is 12.8 Å². The molecule has 17 heavy (non-hydrogen) atoms. The summed E-state index contributed by atoms with van der Waals surface area (Å²) < 4.78 is 0. The van der Waals surface area contributed by atoms with E-state index in [1.807, 2.05) is 0 Å². The van der Waals surface area contributed by atoms with Crippen LogP contribution < -0.4 is 10.6 Å². The van der Waals surface area contributed by atoms with Gasteiger partial charge in [0.15, 0.2) is 0 Å². The number of aryl methyl sites for hydroxylation is 1. The first-order chi connectivity index (χ1) is 8.24. The molecular formula is C14H22N2S. The van der Waals surface area contributed by atoms with Gasteiger partial charge in [0.1, 0.15) is 0 Å². The minimum absolute atomic E-state index is 0.478. The number of anilines is 1. The van der Waals surface area contributed by atoms with Gasteiger partial charge < -0.3 is 10.6 Å². The highest BCUT2D eigenvalue weighted by Gasteiger charge is 2.28. The third-order valence-corrected chi connectivity index (χ3v) is 4.93. The highest BCUT2D eigenvalue weighted by atomic mass is 32.2. The third kappa shape index (κ3) is 2.78. The molecule has 1 saturated heterocycles. The highest BCUT2D eigenvalue weighted by Crippen LogP contribution is 2.31. The van der Waals surface area contributed by atoms with Crippen molar-refractivity contribution in [1.29, 1.82) is 0 Å². The number of likely N-dealkylation sites (N-methyl/N-ethyl adjacent to an activating group) is 1. The normalized spacial score (nSPS) is 21.5. The molecule has 2 N–H and O–H groups in total. The Morgan fingerprint density at radius 1 is 1.47 bits per heavy atom. The molecule has 1 aromatic carbocycles. The SMILES string of the molecule is Cc1ccccc1N(C)C(CN)C1CCSC1. The van der Waals surface area contributed by atoms with E-state index in [1.165, 1.54) is 29.2 Å². The van der Waals surface area contributed by atoms with Crippen LogP contribution in [0.25, 0.3) is 0 Å². The van der Waals surface area contributed by atoms with Gasteiger partial charge in [0.05, 0.1) is 0 Å². The smallest absolute Gasteiger partial charge is 0.0445 e. The summed E-state index contributed by atoms with van der Waals surface area (Å²) in [6.45, 7) is 2.92. The molecular weight excluding hydrogens is 228 g/mol. The monoisotopic (exact) mass is 250 g/mol. The van der Waals surface area contributed by atoms with Crippen LogP contribution in [-0.2, 0) is 0 Å². The fraction of sp³-hybridized carbons (Fsp3) is 0.571. The van der Waals surface area contributed by atoms with Crippen LogP contribution in [0.15, 0.2) is 24.3 Å². The Bertz CT molecular complexity index is 361. The molecule has 0 radical (unpaired) electrons. The van der Waals surface area contributed by atoms with Crippen molar-refractivity contribution >= 4 is 17.4 Å². The fourth-order valence-corrected chi connectivity index (χ4v) is 3.99.